The van der Waals surface area contributed by atoms with Gasteiger partial charge in [-0.3, -0.25) is 21.0 Å². The molecule has 0 heterocycles. The van der Waals surface area contributed by atoms with Crippen molar-refractivity contribution in [3.8, 4) is 0 Å². The molecule has 7 heteroatoms. The Labute approximate surface area is 128 Å². The van der Waals surface area contributed by atoms with Crippen molar-refractivity contribution in [2.45, 2.75) is 31.7 Å². The number of benzene rings is 1. The second-order valence-corrected chi connectivity index (χ2v) is 6.19. The summed E-state index contributed by atoms with van der Waals surface area (Å²) in [4.78, 5) is 10.5. The Morgan fingerprint density at radius 1 is 1.29 bits per heavy atom. The Hall–Kier alpha value is -1.89. The molecule has 0 spiro atoms. The summed E-state index contributed by atoms with van der Waals surface area (Å²) in [6, 6.07) is 6.91. The Morgan fingerprint density at radius 3 is 2.76 bits per heavy atom. The second kappa shape index (κ2) is 5.85. The van der Waals surface area contributed by atoms with Gasteiger partial charge in [0.1, 0.15) is 5.69 Å². The first-order valence-corrected chi connectivity index (χ1v) is 7.60. The average Bonchev–Trinajstić information content (AvgIpc) is 3.08. The smallest absolute Gasteiger partial charge is 0.294 e. The molecule has 112 valence electrons. The van der Waals surface area contributed by atoms with Crippen molar-refractivity contribution in [2.75, 3.05) is 5.43 Å². The van der Waals surface area contributed by atoms with Crippen molar-refractivity contribution in [1.82, 2.24) is 10.7 Å². The molecule has 0 radical (unpaired) electrons. The number of thiocarbonyl (C=S) groups is 1. The van der Waals surface area contributed by atoms with Gasteiger partial charge in [0.2, 0.25) is 0 Å². The van der Waals surface area contributed by atoms with Crippen molar-refractivity contribution < 1.29 is 4.92 Å². The van der Waals surface area contributed by atoms with Crippen LogP contribution < -0.4 is 16.2 Å². The largest absolute Gasteiger partial charge is 0.358 e. The molecular formula is C14H18N4O2S. The minimum Gasteiger partial charge on any atom is -0.358 e. The minimum absolute atomic E-state index is 0.0210. The van der Waals surface area contributed by atoms with Crippen LogP contribution in [0, 0.1) is 22.0 Å². The molecule has 6 nitrogen and oxygen atoms in total. The number of hydrogen-bond donors (Lipinski definition) is 3. The van der Waals surface area contributed by atoms with Crippen molar-refractivity contribution in [3.63, 3.8) is 0 Å². The van der Waals surface area contributed by atoms with E-state index in [2.05, 4.69) is 16.2 Å². The zero-order valence-electron chi connectivity index (χ0n) is 11.5. The van der Waals surface area contributed by atoms with Crippen LogP contribution in [0.3, 0.4) is 0 Å². The van der Waals surface area contributed by atoms with Gasteiger partial charge in [-0.15, -0.1) is 0 Å². The van der Waals surface area contributed by atoms with E-state index in [4.69, 9.17) is 12.2 Å². The molecule has 2 saturated carbocycles. The summed E-state index contributed by atoms with van der Waals surface area (Å²) in [5.74, 6) is 1.57. The number of rotatable bonds is 4. The number of nitro benzene ring substituents is 1. The Morgan fingerprint density at radius 2 is 2.10 bits per heavy atom. The molecule has 1 aromatic carbocycles. The number of para-hydroxylation sites is 2. The molecule has 2 aliphatic carbocycles. The molecule has 0 saturated heterocycles. The van der Waals surface area contributed by atoms with Crippen LogP contribution in [0.25, 0.3) is 0 Å². The van der Waals surface area contributed by atoms with E-state index in [1.54, 1.807) is 18.2 Å². The average molecular weight is 306 g/mol. The maximum Gasteiger partial charge on any atom is 0.294 e. The Balaban J connectivity index is 1.53. The highest BCUT2D eigenvalue weighted by Gasteiger charge is 2.39. The highest BCUT2D eigenvalue weighted by atomic mass is 32.1. The topological polar surface area (TPSA) is 79.2 Å². The molecule has 2 fully saturated rings. The molecule has 3 N–H and O–H groups in total. The van der Waals surface area contributed by atoms with E-state index >= 15 is 0 Å². The van der Waals surface area contributed by atoms with Crippen molar-refractivity contribution in [3.05, 3.63) is 34.4 Å². The number of nitro groups is 1. The summed E-state index contributed by atoms with van der Waals surface area (Å²) in [6.07, 6.45) is 5.11. The quantitative estimate of drug-likeness (QED) is 0.451. The van der Waals surface area contributed by atoms with Crippen molar-refractivity contribution in [2.24, 2.45) is 11.8 Å². The second-order valence-electron chi connectivity index (χ2n) is 5.78. The van der Waals surface area contributed by atoms with Crippen LogP contribution in [0.4, 0.5) is 11.4 Å². The molecule has 2 bridgehead atoms. The molecule has 0 aromatic heterocycles. The third-order valence-electron chi connectivity index (χ3n) is 4.47. The summed E-state index contributed by atoms with van der Waals surface area (Å²) in [7, 11) is 0. The molecule has 21 heavy (non-hydrogen) atoms. The van der Waals surface area contributed by atoms with Gasteiger partial charge in [-0.05, 0) is 49.4 Å². The first kappa shape index (κ1) is 14.1. The Kier molecular flexibility index (Phi) is 3.92. The molecule has 0 unspecified atom stereocenters. The van der Waals surface area contributed by atoms with Crippen LogP contribution >= 0.6 is 12.2 Å². The summed E-state index contributed by atoms with van der Waals surface area (Å²) in [5, 5.41) is 14.7. The lowest BCUT2D eigenvalue weighted by atomic mass is 9.96. The predicted octanol–water partition coefficient (Wildman–Crippen LogP) is 2.57. The van der Waals surface area contributed by atoms with E-state index in [1.807, 2.05) is 0 Å². The van der Waals surface area contributed by atoms with Crippen LogP contribution in [-0.2, 0) is 0 Å². The standard InChI is InChI=1S/C14H18N4O2S/c19-18(20)13-4-2-1-3-11(13)16-17-14(21)15-12-8-9-5-6-10(12)7-9/h1-4,9-10,12,16H,5-8H2,(H2,15,17,21)/t9-,10+,12-/m0/s1. The molecular weight excluding hydrogens is 288 g/mol. The molecule has 0 aliphatic heterocycles. The zero-order valence-corrected chi connectivity index (χ0v) is 12.4. The van der Waals surface area contributed by atoms with Crippen LogP contribution in [0.1, 0.15) is 25.7 Å². The highest BCUT2D eigenvalue weighted by Crippen LogP contribution is 2.44. The molecule has 1 aromatic rings. The van der Waals surface area contributed by atoms with Crippen LogP contribution in [-0.4, -0.2) is 16.1 Å². The number of hydrogen-bond acceptors (Lipinski definition) is 4. The SMILES string of the molecule is O=[N+]([O-])c1ccccc1NNC(=S)N[C@H]1C[C@H]2CC[C@@H]1C2. The van der Waals surface area contributed by atoms with Gasteiger partial charge in [-0.2, -0.15) is 0 Å². The van der Waals surface area contributed by atoms with Gasteiger partial charge in [-0.1, -0.05) is 18.6 Å². The maximum atomic E-state index is 10.9. The van der Waals surface area contributed by atoms with Crippen molar-refractivity contribution in [1.29, 1.82) is 0 Å². The van der Waals surface area contributed by atoms with E-state index in [0.717, 1.165) is 11.8 Å². The number of hydrazine groups is 1. The lowest BCUT2D eigenvalue weighted by molar-refractivity contribution is -0.384. The number of nitrogens with one attached hydrogen (secondary N) is 3. The highest BCUT2D eigenvalue weighted by molar-refractivity contribution is 7.80. The first-order chi connectivity index (χ1) is 10.1. The van der Waals surface area contributed by atoms with Gasteiger partial charge in [0.05, 0.1) is 4.92 Å². The third-order valence-corrected chi connectivity index (χ3v) is 4.69. The normalized spacial score (nSPS) is 26.4. The molecule has 3 rings (SSSR count). The summed E-state index contributed by atoms with van der Waals surface area (Å²) >= 11 is 5.26. The van der Waals surface area contributed by atoms with E-state index < -0.39 is 4.92 Å². The lowest BCUT2D eigenvalue weighted by Gasteiger charge is -2.24. The fraction of sp³-hybridized carbons (Fsp3) is 0.500. The predicted molar refractivity (Wildman–Crippen MR) is 84.8 cm³/mol. The fourth-order valence-corrected chi connectivity index (χ4v) is 3.69. The fourth-order valence-electron chi connectivity index (χ4n) is 3.49. The van der Waals surface area contributed by atoms with Gasteiger partial charge in [0.15, 0.2) is 5.11 Å². The summed E-state index contributed by atoms with van der Waals surface area (Å²) in [6.45, 7) is 0. The van der Waals surface area contributed by atoms with E-state index in [0.29, 0.717) is 16.8 Å². The number of fused-ring (bicyclic) bond motifs is 2. The van der Waals surface area contributed by atoms with Crippen LogP contribution in [0.5, 0.6) is 0 Å². The molecule has 3 atom stereocenters. The molecule has 0 amide bonds. The van der Waals surface area contributed by atoms with Gasteiger partial charge < -0.3 is 5.32 Å². The third kappa shape index (κ3) is 3.07. The number of anilines is 1. The van der Waals surface area contributed by atoms with Crippen LogP contribution in [0.2, 0.25) is 0 Å². The van der Waals surface area contributed by atoms with E-state index in [9.17, 15) is 10.1 Å². The number of nitrogens with zero attached hydrogens (tertiary/aromatic N) is 1. The maximum absolute atomic E-state index is 10.9. The lowest BCUT2D eigenvalue weighted by Crippen LogP contribution is -2.46. The molecule has 2 aliphatic rings. The van der Waals surface area contributed by atoms with Crippen LogP contribution in [0.15, 0.2) is 24.3 Å². The summed E-state index contributed by atoms with van der Waals surface area (Å²) < 4.78 is 0. The van der Waals surface area contributed by atoms with Gasteiger partial charge in [-0.25, -0.2) is 0 Å². The van der Waals surface area contributed by atoms with Crippen molar-refractivity contribution >= 4 is 28.7 Å². The van der Waals surface area contributed by atoms with Gasteiger partial charge in [0.25, 0.3) is 5.69 Å². The van der Waals surface area contributed by atoms with E-state index in [1.165, 1.54) is 31.7 Å². The van der Waals surface area contributed by atoms with Gasteiger partial charge in [0, 0.05) is 12.1 Å². The summed E-state index contributed by atoms with van der Waals surface area (Å²) in [5.41, 5.74) is 6.09. The van der Waals surface area contributed by atoms with E-state index in [-0.39, 0.29) is 5.69 Å². The Bertz CT molecular complexity index is 566. The monoisotopic (exact) mass is 306 g/mol. The van der Waals surface area contributed by atoms with Gasteiger partial charge >= 0.3 is 0 Å². The minimum atomic E-state index is -0.420. The zero-order chi connectivity index (χ0) is 14.8. The first-order valence-electron chi connectivity index (χ1n) is 7.19.